The van der Waals surface area contributed by atoms with Crippen LogP contribution in [0.2, 0.25) is 0 Å². The highest BCUT2D eigenvalue weighted by molar-refractivity contribution is 9.09. The molecule has 0 radical (unpaired) electrons. The lowest BCUT2D eigenvalue weighted by Gasteiger charge is -2.40. The van der Waals surface area contributed by atoms with Crippen LogP contribution in [0.1, 0.15) is 13.3 Å². The summed E-state index contributed by atoms with van der Waals surface area (Å²) in [6.07, 6.45) is 0.467. The van der Waals surface area contributed by atoms with Crippen LogP contribution in [0.4, 0.5) is 5.69 Å². The maximum absolute atomic E-state index is 11.0. The topological polar surface area (TPSA) is 70.8 Å². The van der Waals surface area contributed by atoms with E-state index in [1.807, 2.05) is 6.92 Å². The Morgan fingerprint density at radius 2 is 2.25 bits per heavy atom. The lowest BCUT2D eigenvalue weighted by molar-refractivity contribution is -0.386. The first-order chi connectivity index (χ1) is 9.56. The second-order valence-corrected chi connectivity index (χ2v) is 5.59. The standard InChI is InChI=1S/C13H16BrNO5/c1-3-19-13-9(14)7-12(13)20-11-6-8(18-2)4-5-10(11)15(16)17/h4-6,9,12-13H,3,7H2,1-2H3. The van der Waals surface area contributed by atoms with Crippen LogP contribution in [0, 0.1) is 10.1 Å². The van der Waals surface area contributed by atoms with Crippen LogP contribution in [0.5, 0.6) is 11.5 Å². The van der Waals surface area contributed by atoms with Gasteiger partial charge in [-0.3, -0.25) is 10.1 Å². The zero-order valence-electron chi connectivity index (χ0n) is 11.2. The van der Waals surface area contributed by atoms with Crippen LogP contribution in [-0.2, 0) is 4.74 Å². The van der Waals surface area contributed by atoms with Crippen molar-refractivity contribution in [2.75, 3.05) is 13.7 Å². The predicted molar refractivity (Wildman–Crippen MR) is 76.8 cm³/mol. The van der Waals surface area contributed by atoms with Crippen molar-refractivity contribution in [3.8, 4) is 11.5 Å². The van der Waals surface area contributed by atoms with Crippen molar-refractivity contribution in [3.63, 3.8) is 0 Å². The Bertz CT molecular complexity index is 496. The van der Waals surface area contributed by atoms with E-state index in [0.717, 1.165) is 6.42 Å². The molecule has 0 amide bonds. The summed E-state index contributed by atoms with van der Waals surface area (Å²) in [6.45, 7) is 2.48. The molecule has 1 saturated carbocycles. The third kappa shape index (κ3) is 3.04. The van der Waals surface area contributed by atoms with Gasteiger partial charge in [0.15, 0.2) is 0 Å². The molecular formula is C13H16BrNO5. The van der Waals surface area contributed by atoms with Crippen molar-refractivity contribution in [2.24, 2.45) is 0 Å². The van der Waals surface area contributed by atoms with Gasteiger partial charge in [0.2, 0.25) is 5.75 Å². The first-order valence-corrected chi connectivity index (χ1v) is 7.23. The van der Waals surface area contributed by atoms with Gasteiger partial charge >= 0.3 is 5.69 Å². The van der Waals surface area contributed by atoms with Gasteiger partial charge in [-0.1, -0.05) is 15.9 Å². The van der Waals surface area contributed by atoms with E-state index in [9.17, 15) is 10.1 Å². The third-order valence-corrected chi connectivity index (χ3v) is 4.08. The number of nitro groups is 1. The summed E-state index contributed by atoms with van der Waals surface area (Å²) in [6, 6.07) is 4.45. The first-order valence-electron chi connectivity index (χ1n) is 6.31. The molecule has 20 heavy (non-hydrogen) atoms. The highest BCUT2D eigenvalue weighted by Crippen LogP contribution is 2.38. The second kappa shape index (κ2) is 6.41. The van der Waals surface area contributed by atoms with Crippen LogP contribution >= 0.6 is 15.9 Å². The summed E-state index contributed by atoms with van der Waals surface area (Å²) in [5, 5.41) is 11.0. The predicted octanol–water partition coefficient (Wildman–Crippen LogP) is 2.92. The van der Waals surface area contributed by atoms with Crippen LogP contribution in [0.3, 0.4) is 0 Å². The summed E-state index contributed by atoms with van der Waals surface area (Å²) >= 11 is 3.49. The molecule has 0 spiro atoms. The van der Waals surface area contributed by atoms with Crippen molar-refractivity contribution in [3.05, 3.63) is 28.3 Å². The van der Waals surface area contributed by atoms with E-state index < -0.39 is 4.92 Å². The molecule has 2 rings (SSSR count). The summed E-state index contributed by atoms with van der Waals surface area (Å²) < 4.78 is 16.4. The normalized spacial score (nSPS) is 24.9. The zero-order valence-corrected chi connectivity index (χ0v) is 12.8. The van der Waals surface area contributed by atoms with Gasteiger partial charge < -0.3 is 14.2 Å². The Balaban J connectivity index is 2.17. The van der Waals surface area contributed by atoms with E-state index >= 15 is 0 Å². The molecule has 1 aromatic carbocycles. The number of ether oxygens (including phenoxy) is 3. The summed E-state index contributed by atoms with van der Waals surface area (Å²) in [5.41, 5.74) is -0.0703. The Hall–Kier alpha value is -1.34. The van der Waals surface area contributed by atoms with Gasteiger partial charge in [0, 0.05) is 30.0 Å². The first kappa shape index (κ1) is 15.1. The van der Waals surface area contributed by atoms with Crippen molar-refractivity contribution in [1.29, 1.82) is 0 Å². The number of methoxy groups -OCH3 is 1. The van der Waals surface area contributed by atoms with Crippen LogP contribution < -0.4 is 9.47 Å². The Morgan fingerprint density at radius 3 is 2.80 bits per heavy atom. The molecule has 0 saturated heterocycles. The van der Waals surface area contributed by atoms with E-state index in [-0.39, 0.29) is 28.5 Å². The number of hydrogen-bond acceptors (Lipinski definition) is 5. The van der Waals surface area contributed by atoms with E-state index in [0.29, 0.717) is 12.4 Å². The van der Waals surface area contributed by atoms with Gasteiger partial charge in [0.25, 0.3) is 0 Å². The molecule has 0 bridgehead atoms. The van der Waals surface area contributed by atoms with Crippen LogP contribution in [0.15, 0.2) is 18.2 Å². The SMILES string of the molecule is CCOC1C(Br)CC1Oc1cc(OC)ccc1[N+](=O)[O-]. The van der Waals surface area contributed by atoms with E-state index in [1.165, 1.54) is 19.2 Å². The summed E-state index contributed by atoms with van der Waals surface area (Å²) in [4.78, 5) is 10.8. The van der Waals surface area contributed by atoms with Crippen molar-refractivity contribution >= 4 is 21.6 Å². The number of benzene rings is 1. The lowest BCUT2D eigenvalue weighted by Crippen LogP contribution is -2.52. The minimum absolute atomic E-state index is 0.0703. The largest absolute Gasteiger partial charge is 0.497 e. The molecule has 0 aliphatic heterocycles. The third-order valence-electron chi connectivity index (χ3n) is 3.18. The quantitative estimate of drug-likeness (QED) is 0.450. The number of hydrogen-bond donors (Lipinski definition) is 0. The fourth-order valence-corrected chi connectivity index (χ4v) is 2.94. The zero-order chi connectivity index (χ0) is 14.7. The molecule has 1 aliphatic carbocycles. The van der Waals surface area contributed by atoms with Gasteiger partial charge in [-0.05, 0) is 13.0 Å². The molecule has 0 heterocycles. The molecule has 0 aromatic heterocycles. The van der Waals surface area contributed by atoms with Gasteiger partial charge in [0.1, 0.15) is 18.0 Å². The maximum Gasteiger partial charge on any atom is 0.311 e. The fraction of sp³-hybridized carbons (Fsp3) is 0.538. The summed E-state index contributed by atoms with van der Waals surface area (Å²) in [7, 11) is 1.51. The molecule has 110 valence electrons. The van der Waals surface area contributed by atoms with Crippen molar-refractivity contribution in [2.45, 2.75) is 30.4 Å². The number of rotatable bonds is 6. The molecule has 1 fully saturated rings. The van der Waals surface area contributed by atoms with Crippen LogP contribution in [0.25, 0.3) is 0 Å². The van der Waals surface area contributed by atoms with E-state index in [4.69, 9.17) is 14.2 Å². The van der Waals surface area contributed by atoms with Gasteiger partial charge in [0.05, 0.1) is 12.0 Å². The van der Waals surface area contributed by atoms with Gasteiger partial charge in [-0.15, -0.1) is 0 Å². The minimum atomic E-state index is -0.464. The Labute approximate surface area is 125 Å². The average molecular weight is 346 g/mol. The molecule has 3 atom stereocenters. The van der Waals surface area contributed by atoms with E-state index in [1.54, 1.807) is 6.07 Å². The van der Waals surface area contributed by atoms with Gasteiger partial charge in [-0.25, -0.2) is 0 Å². The highest BCUT2D eigenvalue weighted by Gasteiger charge is 2.43. The van der Waals surface area contributed by atoms with E-state index in [2.05, 4.69) is 15.9 Å². The lowest BCUT2D eigenvalue weighted by atomic mass is 9.91. The molecule has 3 unspecified atom stereocenters. The number of nitro benzene ring substituents is 1. The Morgan fingerprint density at radius 1 is 1.50 bits per heavy atom. The number of alkyl halides is 1. The Kier molecular flexibility index (Phi) is 4.82. The molecular weight excluding hydrogens is 330 g/mol. The molecule has 1 aliphatic rings. The minimum Gasteiger partial charge on any atom is -0.497 e. The molecule has 7 heteroatoms. The van der Waals surface area contributed by atoms with Gasteiger partial charge in [-0.2, -0.15) is 0 Å². The average Bonchev–Trinajstić information content (AvgIpc) is 2.43. The molecule has 0 N–H and O–H groups in total. The number of halogens is 1. The second-order valence-electron chi connectivity index (χ2n) is 4.42. The van der Waals surface area contributed by atoms with Crippen LogP contribution in [-0.4, -0.2) is 35.7 Å². The van der Waals surface area contributed by atoms with Crippen molar-refractivity contribution in [1.82, 2.24) is 0 Å². The summed E-state index contributed by atoms with van der Waals surface area (Å²) in [5.74, 6) is 0.733. The monoisotopic (exact) mass is 345 g/mol. The smallest absolute Gasteiger partial charge is 0.311 e. The maximum atomic E-state index is 11.0. The highest BCUT2D eigenvalue weighted by atomic mass is 79.9. The molecule has 1 aromatic rings. The van der Waals surface area contributed by atoms with Crippen molar-refractivity contribution < 1.29 is 19.1 Å². The fourth-order valence-electron chi connectivity index (χ4n) is 2.08. The molecule has 6 nitrogen and oxygen atoms in total. The number of nitrogens with zero attached hydrogens (tertiary/aromatic N) is 1.